The minimum Gasteiger partial charge on any atom is -0.493 e. The molecular formula is C34H43Cl2NO2. The zero-order valence-corrected chi connectivity index (χ0v) is 25.5. The minimum atomic E-state index is 0.517. The van der Waals surface area contributed by atoms with Gasteiger partial charge in [0.25, 0.3) is 0 Å². The predicted octanol–water partition coefficient (Wildman–Crippen LogP) is 11.3. The zero-order chi connectivity index (χ0) is 27.8. The van der Waals surface area contributed by atoms with Crippen LogP contribution in [0.3, 0.4) is 0 Å². The smallest absolute Gasteiger partial charge is 0.147 e. The molecule has 2 atom stereocenters. The van der Waals surface area contributed by atoms with Crippen LogP contribution in [0, 0.1) is 11.8 Å². The lowest BCUT2D eigenvalue weighted by Gasteiger charge is -2.21. The van der Waals surface area contributed by atoms with Crippen LogP contribution in [0.15, 0.2) is 54.6 Å². The van der Waals surface area contributed by atoms with Crippen LogP contribution in [0.1, 0.15) is 79.1 Å². The summed E-state index contributed by atoms with van der Waals surface area (Å²) in [6.45, 7) is 10.4. The van der Waals surface area contributed by atoms with Gasteiger partial charge in [0.2, 0.25) is 0 Å². The van der Waals surface area contributed by atoms with E-state index in [1.54, 1.807) is 0 Å². The molecule has 4 aromatic rings. The number of hydrogen-bond donors (Lipinski definition) is 0. The Bertz CT molecular complexity index is 1300. The lowest BCUT2D eigenvalue weighted by Crippen LogP contribution is -2.13. The molecule has 5 heteroatoms. The van der Waals surface area contributed by atoms with Gasteiger partial charge in [-0.1, -0.05) is 102 Å². The molecule has 3 nitrogen and oxygen atoms in total. The summed E-state index contributed by atoms with van der Waals surface area (Å²) in [4.78, 5) is 0. The Morgan fingerprint density at radius 3 is 1.72 bits per heavy atom. The first-order chi connectivity index (χ1) is 19.0. The summed E-state index contributed by atoms with van der Waals surface area (Å²) in [5.74, 6) is 2.75. The summed E-state index contributed by atoms with van der Waals surface area (Å²) in [6, 6.07) is 18.4. The summed E-state index contributed by atoms with van der Waals surface area (Å²) in [5, 5.41) is 3.66. The normalized spacial score (nSPS) is 13.2. The molecule has 0 aliphatic heterocycles. The van der Waals surface area contributed by atoms with Gasteiger partial charge in [-0.15, -0.1) is 0 Å². The molecule has 1 aromatic heterocycles. The van der Waals surface area contributed by atoms with Crippen molar-refractivity contribution in [1.29, 1.82) is 0 Å². The van der Waals surface area contributed by atoms with Crippen molar-refractivity contribution in [2.45, 2.75) is 79.1 Å². The van der Waals surface area contributed by atoms with Crippen LogP contribution < -0.4 is 9.47 Å². The third-order valence-electron chi connectivity index (χ3n) is 7.91. The maximum Gasteiger partial charge on any atom is 0.147 e. The fourth-order valence-corrected chi connectivity index (χ4v) is 5.66. The maximum absolute atomic E-state index is 6.64. The highest BCUT2D eigenvalue weighted by Crippen LogP contribution is 2.39. The summed E-state index contributed by atoms with van der Waals surface area (Å²) < 4.78 is 15.2. The third-order valence-corrected chi connectivity index (χ3v) is 8.38. The fraction of sp³-hybridized carbons (Fsp3) is 0.471. The van der Waals surface area contributed by atoms with Gasteiger partial charge < -0.3 is 14.0 Å². The molecule has 0 spiro atoms. The summed E-state index contributed by atoms with van der Waals surface area (Å²) in [6.07, 6.45) is 9.47. The Morgan fingerprint density at radius 2 is 1.21 bits per heavy atom. The molecule has 0 aliphatic rings. The molecule has 0 saturated carbocycles. The van der Waals surface area contributed by atoms with Crippen molar-refractivity contribution < 1.29 is 9.47 Å². The van der Waals surface area contributed by atoms with Gasteiger partial charge in [0, 0.05) is 26.9 Å². The second kappa shape index (κ2) is 14.3. The van der Waals surface area contributed by atoms with Gasteiger partial charge in [-0.3, -0.25) is 0 Å². The average Bonchev–Trinajstić information content (AvgIpc) is 3.25. The van der Waals surface area contributed by atoms with Gasteiger partial charge in [-0.05, 0) is 61.1 Å². The lowest BCUT2D eigenvalue weighted by atomic mass is 10.0. The van der Waals surface area contributed by atoms with Crippen LogP contribution in [-0.2, 0) is 0 Å². The topological polar surface area (TPSA) is 23.4 Å². The van der Waals surface area contributed by atoms with Gasteiger partial charge in [0.15, 0.2) is 0 Å². The number of benzene rings is 3. The van der Waals surface area contributed by atoms with Crippen molar-refractivity contribution in [3.05, 3.63) is 64.6 Å². The van der Waals surface area contributed by atoms with E-state index in [1.165, 1.54) is 38.5 Å². The summed E-state index contributed by atoms with van der Waals surface area (Å²) in [7, 11) is 0. The second-order valence-electron chi connectivity index (χ2n) is 10.7. The number of nitrogens with zero attached hydrogens (tertiary/aromatic N) is 1. The highest BCUT2D eigenvalue weighted by atomic mass is 35.5. The van der Waals surface area contributed by atoms with Gasteiger partial charge in [0.05, 0.1) is 29.9 Å². The standard InChI is InChI=1S/C34H43Cl2NO2/c1-5-9-11-24(7-3)22-38-28-15-18-31(34(21-28)39-23-25(8-4)12-10-6-2)37-32-19-26(35)13-16-29(32)30-17-14-27(36)20-33(30)37/h13-21,24-25H,5-12,22-23H2,1-4H3. The van der Waals surface area contributed by atoms with E-state index in [-0.39, 0.29) is 0 Å². The summed E-state index contributed by atoms with van der Waals surface area (Å²) >= 11 is 13.0. The number of fused-ring (bicyclic) bond motifs is 3. The van der Waals surface area contributed by atoms with Crippen LogP contribution in [0.4, 0.5) is 0 Å². The molecule has 3 aromatic carbocycles. The van der Waals surface area contributed by atoms with Gasteiger partial charge in [0.1, 0.15) is 11.5 Å². The van der Waals surface area contributed by atoms with Crippen molar-refractivity contribution in [1.82, 2.24) is 4.57 Å². The van der Waals surface area contributed by atoms with E-state index >= 15 is 0 Å². The molecular weight excluding hydrogens is 525 g/mol. The molecule has 210 valence electrons. The first-order valence-corrected chi connectivity index (χ1v) is 15.5. The Labute approximate surface area is 244 Å². The zero-order valence-electron chi connectivity index (χ0n) is 23.9. The van der Waals surface area contributed by atoms with E-state index in [4.69, 9.17) is 32.7 Å². The molecule has 0 aliphatic carbocycles. The molecule has 2 unspecified atom stereocenters. The van der Waals surface area contributed by atoms with E-state index in [9.17, 15) is 0 Å². The number of ether oxygens (including phenoxy) is 2. The highest BCUT2D eigenvalue weighted by Gasteiger charge is 2.19. The largest absolute Gasteiger partial charge is 0.493 e. The number of hydrogen-bond acceptors (Lipinski definition) is 2. The number of unbranched alkanes of at least 4 members (excludes halogenated alkanes) is 2. The molecule has 0 saturated heterocycles. The first kappa shape index (κ1) is 29.6. The Hall–Kier alpha value is -2.36. The molecule has 0 amide bonds. The van der Waals surface area contributed by atoms with Gasteiger partial charge in [-0.2, -0.15) is 0 Å². The molecule has 0 N–H and O–H groups in total. The number of aromatic nitrogens is 1. The predicted molar refractivity (Wildman–Crippen MR) is 168 cm³/mol. The molecule has 0 fully saturated rings. The van der Waals surface area contributed by atoms with Crippen molar-refractivity contribution in [2.75, 3.05) is 13.2 Å². The average molecular weight is 569 g/mol. The van der Waals surface area contributed by atoms with Crippen molar-refractivity contribution in [3.8, 4) is 17.2 Å². The van der Waals surface area contributed by atoms with Gasteiger partial charge >= 0.3 is 0 Å². The van der Waals surface area contributed by atoms with Crippen LogP contribution in [-0.4, -0.2) is 17.8 Å². The Balaban J connectivity index is 1.77. The maximum atomic E-state index is 6.64. The Kier molecular flexibility index (Phi) is 10.9. The Morgan fingerprint density at radius 1 is 0.667 bits per heavy atom. The van der Waals surface area contributed by atoms with Crippen molar-refractivity contribution in [3.63, 3.8) is 0 Å². The summed E-state index contributed by atoms with van der Waals surface area (Å²) in [5.41, 5.74) is 3.03. The second-order valence-corrected chi connectivity index (χ2v) is 11.6. The van der Waals surface area contributed by atoms with E-state index in [0.717, 1.165) is 58.4 Å². The van der Waals surface area contributed by atoms with E-state index in [2.05, 4.69) is 62.6 Å². The van der Waals surface area contributed by atoms with E-state index in [0.29, 0.717) is 28.5 Å². The first-order valence-electron chi connectivity index (χ1n) is 14.8. The number of rotatable bonds is 15. The fourth-order valence-electron chi connectivity index (χ4n) is 5.33. The monoisotopic (exact) mass is 567 g/mol. The van der Waals surface area contributed by atoms with Gasteiger partial charge in [-0.25, -0.2) is 0 Å². The van der Waals surface area contributed by atoms with Crippen molar-refractivity contribution >= 4 is 45.0 Å². The lowest BCUT2D eigenvalue weighted by molar-refractivity contribution is 0.223. The van der Waals surface area contributed by atoms with E-state index < -0.39 is 0 Å². The molecule has 39 heavy (non-hydrogen) atoms. The van der Waals surface area contributed by atoms with Crippen LogP contribution in [0.25, 0.3) is 27.5 Å². The molecule has 4 rings (SSSR count). The van der Waals surface area contributed by atoms with Crippen molar-refractivity contribution in [2.24, 2.45) is 11.8 Å². The SMILES string of the molecule is CCCCC(CC)COc1ccc(-n2c3cc(Cl)ccc3c3ccc(Cl)cc32)c(OCC(CC)CCCC)c1. The molecule has 0 radical (unpaired) electrons. The molecule has 0 bridgehead atoms. The number of halogens is 2. The van der Waals surface area contributed by atoms with E-state index in [1.807, 2.05) is 24.3 Å². The minimum absolute atomic E-state index is 0.517. The quantitative estimate of drug-likeness (QED) is 0.142. The van der Waals surface area contributed by atoms with Crippen LogP contribution >= 0.6 is 23.2 Å². The van der Waals surface area contributed by atoms with Crippen LogP contribution in [0.5, 0.6) is 11.5 Å². The third kappa shape index (κ3) is 7.24. The highest BCUT2D eigenvalue weighted by molar-refractivity contribution is 6.32. The molecule has 1 heterocycles. The van der Waals surface area contributed by atoms with Crippen LogP contribution in [0.2, 0.25) is 10.0 Å².